The highest BCUT2D eigenvalue weighted by atomic mass is 16.5. The molecule has 2 atom stereocenters. The summed E-state index contributed by atoms with van der Waals surface area (Å²) in [4.78, 5) is 4.28. The Kier molecular flexibility index (Phi) is 28.3. The summed E-state index contributed by atoms with van der Waals surface area (Å²) < 4.78 is 10.7. The van der Waals surface area contributed by atoms with E-state index in [9.17, 15) is 0 Å². The van der Waals surface area contributed by atoms with Gasteiger partial charge < -0.3 is 25.8 Å². The van der Waals surface area contributed by atoms with E-state index in [0.29, 0.717) is 12.0 Å². The normalized spacial score (nSPS) is 11.6. The molecular formula is C52H80N4O2. The highest BCUT2D eigenvalue weighted by Crippen LogP contribution is 2.32. The van der Waals surface area contributed by atoms with Gasteiger partial charge in [0.15, 0.2) is 0 Å². The molecule has 0 spiro atoms. The van der Waals surface area contributed by atoms with Crippen LogP contribution in [0, 0.1) is 19.8 Å². The fraction of sp³-hybridized carbons (Fsp3) is 0.481. The highest BCUT2D eigenvalue weighted by molar-refractivity contribution is 5.98. The first-order valence-corrected chi connectivity index (χ1v) is 21.8. The van der Waals surface area contributed by atoms with Gasteiger partial charge in [-0.3, -0.25) is 0 Å². The van der Waals surface area contributed by atoms with E-state index >= 15 is 0 Å². The number of unbranched alkanes of at least 4 members (excludes halogenated alkanes) is 1. The van der Waals surface area contributed by atoms with Crippen LogP contribution in [-0.4, -0.2) is 44.0 Å². The zero-order valence-corrected chi connectivity index (χ0v) is 37.8. The molecular weight excluding hydrogens is 713 g/mol. The number of aromatic nitrogens is 1. The van der Waals surface area contributed by atoms with Crippen LogP contribution in [0.1, 0.15) is 122 Å². The Balaban J connectivity index is 0.000000453. The maximum absolute atomic E-state index is 6.36. The molecule has 0 saturated carbocycles. The van der Waals surface area contributed by atoms with Crippen LogP contribution in [-0.2, 0) is 9.47 Å². The average molecular weight is 793 g/mol. The Bertz CT molecular complexity index is 1670. The maximum atomic E-state index is 6.36. The smallest absolute Gasteiger partial charge is 0.126 e. The number of nitrogens with two attached hydrogens (primary N) is 1. The van der Waals surface area contributed by atoms with Gasteiger partial charge in [0.05, 0.1) is 0 Å². The minimum Gasteiger partial charge on any atom is -0.386 e. The summed E-state index contributed by atoms with van der Waals surface area (Å²) in [6, 6.07) is 26.3. The van der Waals surface area contributed by atoms with Crippen molar-refractivity contribution < 1.29 is 9.47 Å². The number of aryl methyl sites for hydroxylation is 2. The Morgan fingerprint density at radius 1 is 0.741 bits per heavy atom. The number of nitrogens with zero attached hydrogens (tertiary/aromatic N) is 1. The van der Waals surface area contributed by atoms with Crippen molar-refractivity contribution in [1.82, 2.24) is 10.3 Å². The lowest BCUT2D eigenvalue weighted by molar-refractivity contribution is 0.0818. The lowest BCUT2D eigenvalue weighted by atomic mass is 9.93. The predicted molar refractivity (Wildman–Crippen MR) is 256 cm³/mol. The first kappa shape index (κ1) is 51.8. The van der Waals surface area contributed by atoms with Gasteiger partial charge in [0.1, 0.15) is 5.82 Å². The van der Waals surface area contributed by atoms with E-state index < -0.39 is 0 Å². The van der Waals surface area contributed by atoms with Gasteiger partial charge in [-0.05, 0) is 122 Å². The Morgan fingerprint density at radius 2 is 1.40 bits per heavy atom. The minimum atomic E-state index is 0.0304. The summed E-state index contributed by atoms with van der Waals surface area (Å²) in [5, 5.41) is 9.40. The molecule has 4 rings (SSSR count). The first-order valence-electron chi connectivity index (χ1n) is 21.8. The summed E-state index contributed by atoms with van der Waals surface area (Å²) in [6.45, 7) is 36.0. The van der Waals surface area contributed by atoms with E-state index in [2.05, 4.69) is 164 Å². The lowest BCUT2D eigenvalue weighted by Gasteiger charge is -2.20. The van der Waals surface area contributed by atoms with Crippen LogP contribution in [0.15, 0.2) is 117 Å². The van der Waals surface area contributed by atoms with Crippen molar-refractivity contribution in [3.05, 3.63) is 133 Å². The van der Waals surface area contributed by atoms with E-state index in [1.165, 1.54) is 57.0 Å². The molecule has 1 aromatic heterocycles. The molecule has 6 heteroatoms. The number of hydrogen-bond acceptors (Lipinski definition) is 6. The first-order chi connectivity index (χ1) is 28.0. The quantitative estimate of drug-likeness (QED) is 0.0513. The fourth-order valence-corrected chi connectivity index (χ4v) is 6.07. The van der Waals surface area contributed by atoms with Crippen LogP contribution < -0.4 is 16.4 Å². The van der Waals surface area contributed by atoms with Crippen LogP contribution in [0.4, 0.5) is 5.82 Å². The van der Waals surface area contributed by atoms with Crippen LogP contribution in [0.3, 0.4) is 0 Å². The molecule has 0 saturated heterocycles. The van der Waals surface area contributed by atoms with Crippen molar-refractivity contribution >= 4 is 16.6 Å². The molecule has 0 bridgehead atoms. The largest absolute Gasteiger partial charge is 0.386 e. The lowest BCUT2D eigenvalue weighted by Crippen LogP contribution is -2.29. The maximum Gasteiger partial charge on any atom is 0.126 e. The number of allylic oxidation sites excluding steroid dienone is 1. The van der Waals surface area contributed by atoms with E-state index in [-0.39, 0.29) is 6.04 Å². The number of anilines is 1. The van der Waals surface area contributed by atoms with E-state index in [1.54, 1.807) is 0 Å². The number of ether oxygens (including phenoxy) is 2. The molecule has 3 aromatic carbocycles. The number of hydrogen-bond donors (Lipinski definition) is 3. The zero-order chi connectivity index (χ0) is 43.1. The van der Waals surface area contributed by atoms with Crippen molar-refractivity contribution in [2.45, 2.75) is 125 Å². The van der Waals surface area contributed by atoms with Gasteiger partial charge in [-0.1, -0.05) is 127 Å². The van der Waals surface area contributed by atoms with E-state index in [4.69, 9.17) is 15.2 Å². The summed E-state index contributed by atoms with van der Waals surface area (Å²) in [7, 11) is 0. The third-order valence-electron chi connectivity index (χ3n) is 9.78. The summed E-state index contributed by atoms with van der Waals surface area (Å²) in [6.07, 6.45) is 11.5. The average Bonchev–Trinajstić information content (AvgIpc) is 3.22. The zero-order valence-electron chi connectivity index (χ0n) is 37.8. The van der Waals surface area contributed by atoms with Crippen LogP contribution in [0.2, 0.25) is 0 Å². The third kappa shape index (κ3) is 21.5. The van der Waals surface area contributed by atoms with Crippen molar-refractivity contribution in [2.75, 3.05) is 38.3 Å². The van der Waals surface area contributed by atoms with Crippen molar-refractivity contribution in [3.63, 3.8) is 0 Å². The highest BCUT2D eigenvalue weighted by Gasteiger charge is 2.10. The van der Waals surface area contributed by atoms with E-state index in [1.807, 2.05) is 12.3 Å². The van der Waals surface area contributed by atoms with E-state index in [0.717, 1.165) is 89.4 Å². The molecule has 6 nitrogen and oxygen atoms in total. The molecule has 0 aliphatic rings. The second kappa shape index (κ2) is 31.7. The minimum absolute atomic E-state index is 0.0304. The molecule has 0 amide bonds. The van der Waals surface area contributed by atoms with Gasteiger partial charge in [-0.25, -0.2) is 4.98 Å². The van der Waals surface area contributed by atoms with Crippen LogP contribution in [0.25, 0.3) is 21.9 Å². The number of pyridine rings is 1. The Hall–Kier alpha value is -4.23. The standard InChI is InChI=1S/C24H27N.C16H27N3.C10H22O2.C2H4/c1-4-7-17(2)16-24(25)20-13-11-19(12-14-20)22-15-10-18(3)21-8-5-6-9-23(21)22;1-12(2)15(5)19-14(4)7-6-9-17-16-11-13(3)8-10-18-16;1-3-5-8-12-10-6-9-11-7-4-2;1-2/h5-6,8-15,24H,2,4,7,16,25H2,1,3H3;8,10-12,15,19H,4,6-7,9H2,1-3,5H3,(H,17,18);3-10H2,1-2H3;1-2H2. The molecule has 0 aliphatic carbocycles. The fourth-order valence-electron chi connectivity index (χ4n) is 6.07. The Morgan fingerprint density at radius 3 is 2.02 bits per heavy atom. The summed E-state index contributed by atoms with van der Waals surface area (Å²) >= 11 is 0. The van der Waals surface area contributed by atoms with Crippen LogP contribution in [0.5, 0.6) is 0 Å². The van der Waals surface area contributed by atoms with Crippen LogP contribution >= 0.6 is 0 Å². The second-order valence-corrected chi connectivity index (χ2v) is 15.4. The third-order valence-corrected chi connectivity index (χ3v) is 9.78. The van der Waals surface area contributed by atoms with Crippen molar-refractivity contribution in [2.24, 2.45) is 11.7 Å². The van der Waals surface area contributed by atoms with Gasteiger partial charge in [-0.15, -0.1) is 13.2 Å². The molecule has 0 aliphatic heterocycles. The molecule has 1 heterocycles. The molecule has 4 aromatic rings. The van der Waals surface area contributed by atoms with Gasteiger partial charge >= 0.3 is 0 Å². The molecule has 2 unspecified atom stereocenters. The van der Waals surface area contributed by atoms with Gasteiger partial charge in [0, 0.05) is 56.9 Å². The second-order valence-electron chi connectivity index (χ2n) is 15.4. The number of fused-ring (bicyclic) bond motifs is 1. The molecule has 0 fully saturated rings. The molecule has 320 valence electrons. The topological polar surface area (TPSA) is 81.4 Å². The predicted octanol–water partition coefficient (Wildman–Crippen LogP) is 13.7. The number of rotatable bonds is 23. The van der Waals surface area contributed by atoms with Gasteiger partial charge in [0.2, 0.25) is 0 Å². The molecule has 0 radical (unpaired) electrons. The molecule has 58 heavy (non-hydrogen) atoms. The Labute approximate surface area is 354 Å². The van der Waals surface area contributed by atoms with Crippen molar-refractivity contribution in [1.29, 1.82) is 0 Å². The summed E-state index contributed by atoms with van der Waals surface area (Å²) in [5.41, 5.74) is 15.0. The van der Waals surface area contributed by atoms with Crippen molar-refractivity contribution in [3.8, 4) is 11.1 Å². The monoisotopic (exact) mass is 793 g/mol. The van der Waals surface area contributed by atoms with Gasteiger partial charge in [0.25, 0.3) is 0 Å². The number of benzene rings is 3. The van der Waals surface area contributed by atoms with Gasteiger partial charge in [-0.2, -0.15) is 0 Å². The SMILES string of the molecule is C=C.C=C(CCC)CC(N)c1ccc(-c2ccc(C)c3ccccc23)cc1.C=C(CCCNc1cc(C)ccn1)NC(C)C(C)C.CCCCOCCCOCCC. The molecule has 4 N–H and O–H groups in total. The summed E-state index contributed by atoms with van der Waals surface area (Å²) in [5.74, 6) is 1.58. The number of nitrogens with one attached hydrogen (secondary N) is 2.